The summed E-state index contributed by atoms with van der Waals surface area (Å²) in [5.41, 5.74) is 0.117. The van der Waals surface area contributed by atoms with Crippen molar-refractivity contribution in [3.8, 4) is 0 Å². The van der Waals surface area contributed by atoms with Crippen molar-refractivity contribution in [2.45, 2.75) is 37.0 Å². The lowest BCUT2D eigenvalue weighted by atomic mass is 9.91. The number of rotatable bonds is 4. The van der Waals surface area contributed by atoms with Gasteiger partial charge < -0.3 is 10.1 Å². The zero-order chi connectivity index (χ0) is 12.1. The molecule has 3 nitrogen and oxygen atoms in total. The highest BCUT2D eigenvalue weighted by Crippen LogP contribution is 2.27. The van der Waals surface area contributed by atoms with Gasteiger partial charge in [-0.15, -0.1) is 0 Å². The summed E-state index contributed by atoms with van der Waals surface area (Å²) in [6.07, 6.45) is 3.61. The van der Waals surface area contributed by atoms with Crippen LogP contribution in [0.3, 0.4) is 0 Å². The van der Waals surface area contributed by atoms with E-state index in [9.17, 15) is 0 Å². The minimum absolute atomic E-state index is 0.117. The van der Waals surface area contributed by atoms with E-state index in [1.165, 1.54) is 25.3 Å². The Kier molecular flexibility index (Phi) is 5.15. The van der Waals surface area contributed by atoms with Gasteiger partial charge in [0.15, 0.2) is 0 Å². The fourth-order valence-corrected chi connectivity index (χ4v) is 4.14. The summed E-state index contributed by atoms with van der Waals surface area (Å²) >= 11 is 2.14. The third-order valence-corrected chi connectivity index (χ3v) is 5.51. The van der Waals surface area contributed by atoms with Crippen LogP contribution in [-0.2, 0) is 4.74 Å². The van der Waals surface area contributed by atoms with Crippen molar-refractivity contribution in [3.63, 3.8) is 0 Å². The second kappa shape index (κ2) is 6.41. The van der Waals surface area contributed by atoms with Crippen LogP contribution in [0.4, 0.5) is 0 Å². The average Bonchev–Trinajstić information content (AvgIpc) is 2.40. The molecule has 1 atom stereocenters. The van der Waals surface area contributed by atoms with Gasteiger partial charge in [0.25, 0.3) is 0 Å². The van der Waals surface area contributed by atoms with E-state index in [-0.39, 0.29) is 5.60 Å². The van der Waals surface area contributed by atoms with Crippen LogP contribution in [0.5, 0.6) is 0 Å². The fraction of sp³-hybridized carbons (Fsp3) is 1.00. The van der Waals surface area contributed by atoms with E-state index in [2.05, 4.69) is 28.9 Å². The lowest BCUT2D eigenvalue weighted by molar-refractivity contribution is -0.0566. The standard InChI is InChI=1S/C13H26N2OS/c1-3-12-10-15(8-9-17-12)11-13(16-2)4-6-14-7-5-13/h12,14H,3-11H2,1-2H3. The van der Waals surface area contributed by atoms with Crippen LogP contribution in [0.25, 0.3) is 0 Å². The van der Waals surface area contributed by atoms with Gasteiger partial charge >= 0.3 is 0 Å². The van der Waals surface area contributed by atoms with Crippen LogP contribution in [0, 0.1) is 0 Å². The van der Waals surface area contributed by atoms with Crippen molar-refractivity contribution in [2.75, 3.05) is 45.6 Å². The molecular weight excluding hydrogens is 232 g/mol. The number of nitrogens with one attached hydrogen (secondary N) is 1. The van der Waals surface area contributed by atoms with Crippen molar-refractivity contribution in [1.82, 2.24) is 10.2 Å². The van der Waals surface area contributed by atoms with E-state index in [1.54, 1.807) is 0 Å². The lowest BCUT2D eigenvalue weighted by Gasteiger charge is -2.42. The predicted octanol–water partition coefficient (Wildman–Crippen LogP) is 1.58. The molecule has 2 rings (SSSR count). The van der Waals surface area contributed by atoms with Crippen molar-refractivity contribution in [1.29, 1.82) is 0 Å². The number of nitrogens with zero attached hydrogens (tertiary/aromatic N) is 1. The van der Waals surface area contributed by atoms with Gasteiger partial charge in [-0.3, -0.25) is 4.90 Å². The fourth-order valence-electron chi connectivity index (χ4n) is 2.89. The summed E-state index contributed by atoms with van der Waals surface area (Å²) in [5.74, 6) is 1.29. The molecule has 2 fully saturated rings. The van der Waals surface area contributed by atoms with E-state index in [1.807, 2.05) is 7.11 Å². The number of hydrogen-bond acceptors (Lipinski definition) is 4. The quantitative estimate of drug-likeness (QED) is 0.827. The monoisotopic (exact) mass is 258 g/mol. The molecule has 0 aromatic rings. The van der Waals surface area contributed by atoms with Crippen LogP contribution in [-0.4, -0.2) is 61.3 Å². The first-order valence-corrected chi connectivity index (χ1v) is 7.93. The Labute approximate surface area is 110 Å². The number of thioether (sulfide) groups is 1. The minimum Gasteiger partial charge on any atom is -0.377 e. The molecule has 2 heterocycles. The first-order valence-electron chi connectivity index (χ1n) is 6.88. The molecule has 2 aliphatic heterocycles. The molecule has 0 aromatic heterocycles. The molecular formula is C13H26N2OS. The van der Waals surface area contributed by atoms with Gasteiger partial charge in [0.2, 0.25) is 0 Å². The molecule has 0 amide bonds. The van der Waals surface area contributed by atoms with Gasteiger partial charge in [-0.1, -0.05) is 6.92 Å². The third kappa shape index (κ3) is 3.60. The second-order valence-electron chi connectivity index (χ2n) is 5.27. The topological polar surface area (TPSA) is 24.5 Å². The van der Waals surface area contributed by atoms with Crippen molar-refractivity contribution < 1.29 is 4.74 Å². The SMILES string of the molecule is CCC1CN(CC2(OC)CCNCC2)CCS1. The van der Waals surface area contributed by atoms with Gasteiger partial charge in [-0.2, -0.15) is 11.8 Å². The molecule has 0 saturated carbocycles. The maximum atomic E-state index is 5.86. The van der Waals surface area contributed by atoms with Crippen molar-refractivity contribution >= 4 is 11.8 Å². The molecule has 2 saturated heterocycles. The largest absolute Gasteiger partial charge is 0.377 e. The molecule has 0 bridgehead atoms. The first-order chi connectivity index (χ1) is 8.28. The van der Waals surface area contributed by atoms with Crippen LogP contribution in [0.1, 0.15) is 26.2 Å². The summed E-state index contributed by atoms with van der Waals surface area (Å²) in [5, 5.41) is 4.26. The molecule has 100 valence electrons. The first kappa shape index (κ1) is 13.7. The molecule has 0 aromatic carbocycles. The van der Waals surface area contributed by atoms with E-state index < -0.39 is 0 Å². The lowest BCUT2D eigenvalue weighted by Crippen LogP contribution is -2.53. The summed E-state index contributed by atoms with van der Waals surface area (Å²) in [6.45, 7) is 8.13. The Hall–Kier alpha value is 0.230. The van der Waals surface area contributed by atoms with E-state index in [0.29, 0.717) is 0 Å². The van der Waals surface area contributed by atoms with Crippen molar-refractivity contribution in [2.24, 2.45) is 0 Å². The van der Waals surface area contributed by atoms with Crippen molar-refractivity contribution in [3.05, 3.63) is 0 Å². The second-order valence-corrected chi connectivity index (χ2v) is 6.68. The maximum absolute atomic E-state index is 5.86. The van der Waals surface area contributed by atoms with Gasteiger partial charge in [-0.05, 0) is 32.4 Å². The summed E-state index contributed by atoms with van der Waals surface area (Å²) < 4.78 is 5.86. The molecule has 1 unspecified atom stereocenters. The van der Waals surface area contributed by atoms with Gasteiger partial charge in [-0.25, -0.2) is 0 Å². The van der Waals surface area contributed by atoms with Crippen LogP contribution < -0.4 is 5.32 Å². The Morgan fingerprint density at radius 3 is 2.82 bits per heavy atom. The Morgan fingerprint density at radius 1 is 1.41 bits per heavy atom. The van der Waals surface area contributed by atoms with E-state index in [0.717, 1.165) is 37.7 Å². The minimum atomic E-state index is 0.117. The maximum Gasteiger partial charge on any atom is 0.0829 e. The van der Waals surface area contributed by atoms with Crippen LogP contribution in [0.15, 0.2) is 0 Å². The molecule has 1 N–H and O–H groups in total. The zero-order valence-electron chi connectivity index (χ0n) is 11.2. The number of ether oxygens (including phenoxy) is 1. The molecule has 0 aliphatic carbocycles. The Morgan fingerprint density at radius 2 is 2.18 bits per heavy atom. The van der Waals surface area contributed by atoms with Crippen LogP contribution in [0.2, 0.25) is 0 Å². The summed E-state index contributed by atoms with van der Waals surface area (Å²) in [6, 6.07) is 0. The highest BCUT2D eigenvalue weighted by atomic mass is 32.2. The molecule has 0 radical (unpaired) electrons. The zero-order valence-corrected chi connectivity index (χ0v) is 12.0. The molecule has 0 spiro atoms. The summed E-state index contributed by atoms with van der Waals surface area (Å²) in [4.78, 5) is 2.62. The highest BCUT2D eigenvalue weighted by Gasteiger charge is 2.35. The van der Waals surface area contributed by atoms with E-state index >= 15 is 0 Å². The third-order valence-electron chi connectivity index (χ3n) is 4.14. The Bertz CT molecular complexity index is 231. The molecule has 4 heteroatoms. The van der Waals surface area contributed by atoms with Crippen LogP contribution >= 0.6 is 11.8 Å². The van der Waals surface area contributed by atoms with Gasteiger partial charge in [0, 0.05) is 37.7 Å². The number of methoxy groups -OCH3 is 1. The Balaban J connectivity index is 1.88. The number of piperidine rings is 1. The number of hydrogen-bond donors (Lipinski definition) is 1. The smallest absolute Gasteiger partial charge is 0.0829 e. The average molecular weight is 258 g/mol. The molecule has 2 aliphatic rings. The molecule has 17 heavy (non-hydrogen) atoms. The predicted molar refractivity (Wildman–Crippen MR) is 74.8 cm³/mol. The van der Waals surface area contributed by atoms with E-state index in [4.69, 9.17) is 4.74 Å². The van der Waals surface area contributed by atoms with Gasteiger partial charge in [0.05, 0.1) is 5.60 Å². The van der Waals surface area contributed by atoms with Gasteiger partial charge in [0.1, 0.15) is 0 Å². The normalized spacial score (nSPS) is 30.4. The highest BCUT2D eigenvalue weighted by molar-refractivity contribution is 8.00. The summed E-state index contributed by atoms with van der Waals surface area (Å²) in [7, 11) is 1.89.